The fraction of sp³-hybridized carbons (Fsp3) is 0.0986. The minimum absolute atomic E-state index is 0.162. The quantitative estimate of drug-likeness (QED) is 0.166. The maximum Gasteiger partial charge on any atom is 0.0726 e. The zero-order chi connectivity index (χ0) is 71.4. The van der Waals surface area contributed by atoms with Gasteiger partial charge in [-0.05, 0) is 164 Å². The zero-order valence-corrected chi connectivity index (χ0v) is 38.3. The molecule has 0 N–H and O–H groups in total. The van der Waals surface area contributed by atoms with Crippen LogP contribution in [-0.4, -0.2) is 0 Å². The lowest BCUT2D eigenvalue weighted by Crippen LogP contribution is -2.26. The highest BCUT2D eigenvalue weighted by Gasteiger charge is 2.52. The van der Waals surface area contributed by atoms with Crippen molar-refractivity contribution in [2.45, 2.75) is 43.8 Å². The third-order valence-electron chi connectivity index (χ3n) is 15.1. The molecule has 1 heteroatoms. The molecule has 0 aliphatic heterocycles. The number of benzene rings is 11. The van der Waals surface area contributed by atoms with E-state index in [0.29, 0.717) is 11.1 Å². The van der Waals surface area contributed by atoms with E-state index < -0.39 is 230 Å². The third-order valence-corrected chi connectivity index (χ3v) is 15.1. The molecule has 0 saturated carbocycles. The van der Waals surface area contributed by atoms with Crippen LogP contribution < -0.4 is 4.90 Å². The second kappa shape index (κ2) is 14.8. The van der Waals surface area contributed by atoms with Gasteiger partial charge in [0.25, 0.3) is 0 Å². The van der Waals surface area contributed by atoms with Gasteiger partial charge in [-0.25, -0.2) is 0 Å². The first-order chi connectivity index (χ1) is 46.5. The van der Waals surface area contributed by atoms with Gasteiger partial charge in [-0.3, -0.25) is 0 Å². The van der Waals surface area contributed by atoms with Gasteiger partial charge in [0.2, 0.25) is 0 Å². The Morgan fingerprint density at radius 1 is 0.361 bits per heavy atom. The molecule has 1 spiro atoms. The van der Waals surface area contributed by atoms with Crippen molar-refractivity contribution in [3.05, 3.63) is 281 Å². The Balaban J connectivity index is 1.09. The number of rotatable bonds is 5. The topological polar surface area (TPSA) is 3.24 Å². The monoisotopic (exact) mass is 945 g/mol. The molecule has 0 amide bonds. The van der Waals surface area contributed by atoms with E-state index >= 15 is 0 Å². The summed E-state index contributed by atoms with van der Waals surface area (Å²) in [6.45, 7) is -3.23. The molecule has 4 aliphatic carbocycles. The standard InChI is InChI=1S/C71H51N/c1-69(2)61-25-13-8-23-56(61)59-41-46(32-40-62(59)69)68-50-18-6-5-17-44(50)31-37-51(68)45-29-33-47(34-30-45)72(48-35-38-57-52-19-7-12-24-60(52)70(3,4)66(57)42-48)49-36-39-58-55-22-11-16-28-65(55)71(67(58)43-49)63-26-14-9-20-53(63)54-21-10-15-27-64(54)71/h5-43H,1-4H3/i3D3,4D3,7D,9D,10D,11D,12D,14D,15D,16D,19D,20D,21D,22D,24D,26D,27D,28D,35D,36D,38D,39D,43D. The summed E-state index contributed by atoms with van der Waals surface area (Å²) >= 11 is 0. The molecule has 340 valence electrons. The Hall–Kier alpha value is -8.52. The van der Waals surface area contributed by atoms with Crippen molar-refractivity contribution in [3.8, 4) is 66.8 Å². The zero-order valence-electron chi connectivity index (χ0n) is 65.3. The van der Waals surface area contributed by atoms with Crippen LogP contribution in [0.4, 0.5) is 17.1 Å². The Morgan fingerprint density at radius 3 is 1.61 bits per heavy atom. The minimum atomic E-state index is -3.79. The van der Waals surface area contributed by atoms with Crippen LogP contribution in [0.3, 0.4) is 0 Å². The summed E-state index contributed by atoms with van der Waals surface area (Å²) in [6, 6.07) is 13.7. The lowest BCUT2D eigenvalue weighted by Gasteiger charge is -2.32. The van der Waals surface area contributed by atoms with Gasteiger partial charge in [0.05, 0.1) is 34.2 Å². The molecule has 11 aromatic rings. The van der Waals surface area contributed by atoms with Gasteiger partial charge in [0, 0.05) is 36.1 Å². The average molecular weight is 945 g/mol. The average Bonchev–Trinajstić information content (AvgIpc) is 1.48. The Morgan fingerprint density at radius 2 is 0.917 bits per heavy atom. The summed E-state index contributed by atoms with van der Waals surface area (Å²) in [7, 11) is 0. The molecule has 0 atom stereocenters. The second-order valence-electron chi connectivity index (χ2n) is 19.1. The van der Waals surface area contributed by atoms with Crippen LogP contribution in [0.2, 0.25) is 0 Å². The van der Waals surface area contributed by atoms with Gasteiger partial charge in [0.1, 0.15) is 0 Å². The lowest BCUT2D eigenvalue weighted by molar-refractivity contribution is 0.660. The summed E-state index contributed by atoms with van der Waals surface area (Å²) in [5.74, 6) is 0. The third kappa shape index (κ3) is 5.43. The molecule has 15 rings (SSSR count). The molecule has 4 aliphatic rings. The van der Waals surface area contributed by atoms with Crippen LogP contribution in [-0.2, 0) is 16.2 Å². The molecule has 0 bridgehead atoms. The Bertz CT molecular complexity index is 5480. The van der Waals surface area contributed by atoms with E-state index in [1.807, 2.05) is 48.5 Å². The highest BCUT2D eigenvalue weighted by atomic mass is 15.1. The van der Waals surface area contributed by atoms with E-state index in [9.17, 15) is 30.2 Å². The number of hydrogen-bond donors (Lipinski definition) is 0. The molecule has 1 nitrogen and oxygen atoms in total. The van der Waals surface area contributed by atoms with E-state index in [2.05, 4.69) is 44.2 Å². The van der Waals surface area contributed by atoms with Crippen molar-refractivity contribution >= 4 is 27.8 Å². The molecule has 0 radical (unpaired) electrons. The van der Waals surface area contributed by atoms with Crippen LogP contribution in [0.5, 0.6) is 0 Å². The van der Waals surface area contributed by atoms with Gasteiger partial charge in [-0.15, -0.1) is 0 Å². The maximum absolute atomic E-state index is 11.0. The van der Waals surface area contributed by atoms with E-state index in [0.717, 1.165) is 55.1 Å². The predicted molar refractivity (Wildman–Crippen MR) is 301 cm³/mol. The number of nitrogens with zero attached hydrogens (tertiary/aromatic N) is 1. The van der Waals surface area contributed by atoms with Crippen LogP contribution in [0.15, 0.2) is 236 Å². The smallest absolute Gasteiger partial charge is 0.0726 e. The highest BCUT2D eigenvalue weighted by Crippen LogP contribution is 2.63. The number of hydrogen-bond acceptors (Lipinski definition) is 1. The molecule has 0 fully saturated rings. The molecule has 11 aromatic carbocycles. The van der Waals surface area contributed by atoms with Crippen molar-refractivity contribution in [3.63, 3.8) is 0 Å². The summed E-state index contributed by atoms with van der Waals surface area (Å²) < 4.78 is 256. The minimum Gasteiger partial charge on any atom is -0.310 e. The Kier molecular flexibility index (Phi) is 4.65. The lowest BCUT2D eigenvalue weighted by atomic mass is 9.70. The second-order valence-corrected chi connectivity index (χ2v) is 19.1. The summed E-state index contributed by atoms with van der Waals surface area (Å²) in [5, 5.41) is 1.76. The maximum atomic E-state index is 11.0. The van der Waals surface area contributed by atoms with E-state index in [4.69, 9.17) is 6.85 Å². The summed E-state index contributed by atoms with van der Waals surface area (Å²) in [6.07, 6.45) is 0. The van der Waals surface area contributed by atoms with E-state index in [-0.39, 0.29) is 11.1 Å². The largest absolute Gasteiger partial charge is 0.310 e. The molecule has 0 saturated heterocycles. The number of fused-ring (bicyclic) bond motifs is 17. The SMILES string of the molecule is [2H]c1c(N(c2ccc(-c3ccc4ccccc4c3-c3ccc4c(c3)-c3ccccc3C4(C)C)cc2)c2c([2H])c([2H])c3c(c2[2H])C2(c4c([2H])c([2H])c([2H])c([2H])c4-c4c([2H])c([2H])c([2H])c([2H])c42)c2c([2H])c([2H])c([2H])c([2H])c2-3)cc2c(c1[2H])-c1c([2H])c([2H])c([2H])c([2H])c1C2(C([2H])([2H])[2H])C([2H])([2H])[2H]. The molecule has 72 heavy (non-hydrogen) atoms. The van der Waals surface area contributed by atoms with Gasteiger partial charge in [-0.2, -0.15) is 0 Å². The van der Waals surface area contributed by atoms with Crippen molar-refractivity contribution in [1.29, 1.82) is 0 Å². The summed E-state index contributed by atoms with van der Waals surface area (Å²) in [4.78, 5) is 0.986. The van der Waals surface area contributed by atoms with Gasteiger partial charge in [0.15, 0.2) is 0 Å². The van der Waals surface area contributed by atoms with Crippen molar-refractivity contribution in [1.82, 2.24) is 0 Å². The van der Waals surface area contributed by atoms with Crippen LogP contribution in [0.25, 0.3) is 77.5 Å². The fourth-order valence-electron chi connectivity index (χ4n) is 11.9. The van der Waals surface area contributed by atoms with Gasteiger partial charge >= 0.3 is 0 Å². The van der Waals surface area contributed by atoms with Crippen molar-refractivity contribution < 1.29 is 37.0 Å². The fourth-order valence-corrected chi connectivity index (χ4v) is 11.9. The first kappa shape index (κ1) is 22.7. The normalized spacial score (nSPS) is 20.7. The molecule has 0 unspecified atom stereocenters. The first-order valence-corrected chi connectivity index (χ1v) is 23.4. The molecule has 0 heterocycles. The van der Waals surface area contributed by atoms with Gasteiger partial charge in [-0.1, -0.05) is 221 Å². The van der Waals surface area contributed by atoms with Crippen LogP contribution in [0.1, 0.15) is 109 Å². The van der Waals surface area contributed by atoms with Crippen LogP contribution >= 0.6 is 0 Å². The summed E-state index contributed by atoms with van der Waals surface area (Å²) in [5.41, 5.74) is -8.86. The van der Waals surface area contributed by atoms with Gasteiger partial charge < -0.3 is 4.90 Å². The first-order valence-electron chi connectivity index (χ1n) is 36.9. The van der Waals surface area contributed by atoms with Crippen LogP contribution in [0, 0.1) is 0 Å². The number of anilines is 3. The predicted octanol–water partition coefficient (Wildman–Crippen LogP) is 18.6. The molecular weight excluding hydrogens is 867 g/mol. The molecular formula is C71H51N. The highest BCUT2D eigenvalue weighted by molar-refractivity contribution is 6.05. The van der Waals surface area contributed by atoms with E-state index in [1.165, 1.54) is 12.1 Å². The van der Waals surface area contributed by atoms with Crippen molar-refractivity contribution in [2.75, 3.05) is 4.90 Å². The molecule has 0 aromatic heterocycles. The van der Waals surface area contributed by atoms with Crippen molar-refractivity contribution in [2.24, 2.45) is 0 Å². The van der Waals surface area contributed by atoms with E-state index in [1.54, 1.807) is 12.1 Å². The Labute approximate surface area is 460 Å².